The normalized spacial score (nSPS) is 11.2. The number of nitrogens with one attached hydrogen (secondary N) is 2. The lowest BCUT2D eigenvalue weighted by Gasteiger charge is -1.98. The van der Waals surface area contributed by atoms with Gasteiger partial charge in [0.25, 0.3) is 5.56 Å². The summed E-state index contributed by atoms with van der Waals surface area (Å²) in [5, 5.41) is 12.6. The van der Waals surface area contributed by atoms with E-state index in [9.17, 15) is 13.6 Å². The second-order valence-electron chi connectivity index (χ2n) is 4.46. The van der Waals surface area contributed by atoms with Crippen LogP contribution in [0.2, 0.25) is 0 Å². The van der Waals surface area contributed by atoms with Gasteiger partial charge in [0, 0.05) is 5.56 Å². The van der Waals surface area contributed by atoms with E-state index in [1.807, 2.05) is 0 Å². The van der Waals surface area contributed by atoms with Crippen LogP contribution < -0.4 is 5.56 Å². The van der Waals surface area contributed by atoms with Crippen molar-refractivity contribution in [1.82, 2.24) is 10.2 Å². The maximum absolute atomic E-state index is 13.5. The first-order valence-electron chi connectivity index (χ1n) is 6.38. The molecular weight excluding hydrogens is 290 g/mol. The first-order chi connectivity index (χ1) is 10.6. The van der Waals surface area contributed by atoms with Crippen LogP contribution in [-0.2, 0) is 0 Å². The van der Waals surface area contributed by atoms with E-state index in [-0.39, 0.29) is 11.4 Å². The Hall–Kier alpha value is -3.09. The van der Waals surface area contributed by atoms with E-state index in [0.717, 1.165) is 0 Å². The molecule has 0 atom stereocenters. The molecule has 5 nitrogen and oxygen atoms in total. The van der Waals surface area contributed by atoms with Gasteiger partial charge in [-0.15, -0.1) is 10.2 Å². The molecule has 110 valence electrons. The quantitative estimate of drug-likeness (QED) is 0.703. The highest BCUT2D eigenvalue weighted by Crippen LogP contribution is 2.27. The molecule has 7 heteroatoms. The van der Waals surface area contributed by atoms with E-state index in [4.69, 9.17) is 0 Å². The SMILES string of the molecule is O=c1[nH][nH]c(-c2ccc(F)cc2)c1N=Nc1ccccc1F. The van der Waals surface area contributed by atoms with Crippen LogP contribution in [0.1, 0.15) is 0 Å². The summed E-state index contributed by atoms with van der Waals surface area (Å²) in [6.45, 7) is 0. The van der Waals surface area contributed by atoms with Gasteiger partial charge >= 0.3 is 0 Å². The van der Waals surface area contributed by atoms with Gasteiger partial charge < -0.3 is 0 Å². The minimum absolute atomic E-state index is 0.00476. The van der Waals surface area contributed by atoms with Gasteiger partial charge in [0.15, 0.2) is 11.5 Å². The minimum atomic E-state index is -0.540. The zero-order valence-corrected chi connectivity index (χ0v) is 11.2. The number of aromatic amines is 2. The smallest absolute Gasteiger partial charge is 0.292 e. The van der Waals surface area contributed by atoms with Gasteiger partial charge in [-0.05, 0) is 36.4 Å². The van der Waals surface area contributed by atoms with Crippen molar-refractivity contribution in [2.45, 2.75) is 0 Å². The van der Waals surface area contributed by atoms with Crippen molar-refractivity contribution in [3.8, 4) is 11.3 Å². The van der Waals surface area contributed by atoms with Gasteiger partial charge in [0.1, 0.15) is 11.5 Å². The van der Waals surface area contributed by atoms with Crippen molar-refractivity contribution < 1.29 is 8.78 Å². The summed E-state index contributed by atoms with van der Waals surface area (Å²) in [5.41, 5.74) is 0.426. The Labute approximate surface area is 123 Å². The summed E-state index contributed by atoms with van der Waals surface area (Å²) in [7, 11) is 0. The Morgan fingerprint density at radius 1 is 0.864 bits per heavy atom. The number of aromatic nitrogens is 2. The van der Waals surface area contributed by atoms with Gasteiger partial charge in [-0.3, -0.25) is 15.0 Å². The zero-order valence-electron chi connectivity index (χ0n) is 11.2. The molecule has 0 fully saturated rings. The number of nitrogens with zero attached hydrogens (tertiary/aromatic N) is 2. The average Bonchev–Trinajstić information content (AvgIpc) is 2.88. The van der Waals surface area contributed by atoms with Crippen LogP contribution in [0, 0.1) is 11.6 Å². The predicted molar refractivity (Wildman–Crippen MR) is 77.4 cm³/mol. The van der Waals surface area contributed by atoms with Crippen LogP contribution in [0.15, 0.2) is 63.6 Å². The summed E-state index contributed by atoms with van der Waals surface area (Å²) >= 11 is 0. The van der Waals surface area contributed by atoms with Crippen molar-refractivity contribution in [3.63, 3.8) is 0 Å². The molecule has 0 saturated heterocycles. The molecule has 1 heterocycles. The van der Waals surface area contributed by atoms with Gasteiger partial charge in [0.05, 0.1) is 5.69 Å². The van der Waals surface area contributed by atoms with Crippen molar-refractivity contribution in [2.24, 2.45) is 10.2 Å². The number of azo groups is 1. The second kappa shape index (κ2) is 5.72. The molecule has 0 unspecified atom stereocenters. The maximum Gasteiger partial charge on any atom is 0.292 e. The van der Waals surface area contributed by atoms with Crippen molar-refractivity contribution in [3.05, 3.63) is 70.5 Å². The third-order valence-electron chi connectivity index (χ3n) is 3.00. The fourth-order valence-corrected chi connectivity index (χ4v) is 1.91. The summed E-state index contributed by atoms with van der Waals surface area (Å²) in [4.78, 5) is 11.8. The highest BCUT2D eigenvalue weighted by molar-refractivity contribution is 5.71. The molecule has 0 aliphatic carbocycles. The molecule has 0 amide bonds. The van der Waals surface area contributed by atoms with Crippen molar-refractivity contribution >= 4 is 11.4 Å². The summed E-state index contributed by atoms with van der Waals surface area (Å²) in [6.07, 6.45) is 0. The van der Waals surface area contributed by atoms with Crippen LogP contribution in [-0.4, -0.2) is 10.2 Å². The maximum atomic E-state index is 13.5. The number of halogens is 2. The van der Waals surface area contributed by atoms with E-state index in [1.165, 1.54) is 42.5 Å². The first kappa shape index (κ1) is 13.9. The summed E-state index contributed by atoms with van der Waals surface area (Å²) < 4.78 is 26.5. The Kier molecular flexibility index (Phi) is 3.61. The molecule has 0 aliphatic rings. The van der Waals surface area contributed by atoms with E-state index >= 15 is 0 Å². The van der Waals surface area contributed by atoms with E-state index in [1.54, 1.807) is 6.07 Å². The molecule has 0 aliphatic heterocycles. The topological polar surface area (TPSA) is 73.4 Å². The van der Waals surface area contributed by atoms with Gasteiger partial charge in [-0.2, -0.15) is 0 Å². The van der Waals surface area contributed by atoms with Crippen LogP contribution in [0.4, 0.5) is 20.2 Å². The molecule has 2 N–H and O–H groups in total. The Balaban J connectivity index is 2.01. The van der Waals surface area contributed by atoms with E-state index in [2.05, 4.69) is 20.4 Å². The predicted octanol–water partition coefficient (Wildman–Crippen LogP) is 4.06. The molecule has 0 radical (unpaired) electrons. The molecule has 0 saturated carbocycles. The highest BCUT2D eigenvalue weighted by atomic mass is 19.1. The van der Waals surface area contributed by atoms with Crippen LogP contribution in [0.3, 0.4) is 0 Å². The number of benzene rings is 2. The van der Waals surface area contributed by atoms with Crippen molar-refractivity contribution in [1.29, 1.82) is 0 Å². The largest absolute Gasteiger partial charge is 0.295 e. The van der Waals surface area contributed by atoms with Gasteiger partial charge in [-0.25, -0.2) is 8.78 Å². The fourth-order valence-electron chi connectivity index (χ4n) is 1.91. The highest BCUT2D eigenvalue weighted by Gasteiger charge is 2.12. The van der Waals surface area contributed by atoms with E-state index in [0.29, 0.717) is 11.3 Å². The summed E-state index contributed by atoms with van der Waals surface area (Å²) in [6, 6.07) is 11.3. The molecule has 3 rings (SSSR count). The summed E-state index contributed by atoms with van der Waals surface area (Å²) in [5.74, 6) is -0.933. The van der Waals surface area contributed by atoms with Gasteiger partial charge in [-0.1, -0.05) is 12.1 Å². The third-order valence-corrected chi connectivity index (χ3v) is 3.00. The lowest BCUT2D eigenvalue weighted by atomic mass is 10.1. The minimum Gasteiger partial charge on any atom is -0.295 e. The van der Waals surface area contributed by atoms with Crippen LogP contribution in [0.25, 0.3) is 11.3 Å². The molecular formula is C15H10F2N4O. The number of H-pyrrole nitrogens is 2. The fraction of sp³-hybridized carbons (Fsp3) is 0. The Morgan fingerprint density at radius 2 is 1.59 bits per heavy atom. The van der Waals surface area contributed by atoms with E-state index < -0.39 is 17.2 Å². The molecule has 1 aromatic heterocycles. The Bertz CT molecular complexity index is 881. The lowest BCUT2D eigenvalue weighted by molar-refractivity contribution is 0.627. The van der Waals surface area contributed by atoms with Crippen molar-refractivity contribution in [2.75, 3.05) is 0 Å². The molecule has 22 heavy (non-hydrogen) atoms. The van der Waals surface area contributed by atoms with Crippen LogP contribution in [0.5, 0.6) is 0 Å². The van der Waals surface area contributed by atoms with Crippen LogP contribution >= 0.6 is 0 Å². The monoisotopic (exact) mass is 300 g/mol. The lowest BCUT2D eigenvalue weighted by Crippen LogP contribution is -1.96. The number of hydrogen-bond donors (Lipinski definition) is 2. The number of hydrogen-bond acceptors (Lipinski definition) is 3. The average molecular weight is 300 g/mol. The standard InChI is InChI=1S/C15H10F2N4O/c16-10-7-5-9(6-8-10)13-14(15(22)21-19-13)20-18-12-4-2-1-3-11(12)17/h1-8H,(H2,19,21,22). The van der Waals surface area contributed by atoms with Gasteiger partial charge in [0.2, 0.25) is 0 Å². The Morgan fingerprint density at radius 3 is 2.32 bits per heavy atom. The molecule has 0 bridgehead atoms. The second-order valence-corrected chi connectivity index (χ2v) is 4.46. The molecule has 0 spiro atoms. The molecule has 3 aromatic rings. The third kappa shape index (κ3) is 2.69. The molecule has 2 aromatic carbocycles. The zero-order chi connectivity index (χ0) is 15.5. The first-order valence-corrected chi connectivity index (χ1v) is 6.38. The number of rotatable bonds is 3.